The van der Waals surface area contributed by atoms with Gasteiger partial charge in [-0.3, -0.25) is 4.79 Å². The van der Waals surface area contributed by atoms with Gasteiger partial charge in [0.15, 0.2) is 9.84 Å². The van der Waals surface area contributed by atoms with Crippen LogP contribution in [0.2, 0.25) is 5.02 Å². The molecule has 2 N–H and O–H groups in total. The van der Waals surface area contributed by atoms with Gasteiger partial charge in [0.1, 0.15) is 5.82 Å². The monoisotopic (exact) mass is 519 g/mol. The molecule has 2 fully saturated rings. The molecule has 2 aromatic rings. The van der Waals surface area contributed by atoms with Crippen LogP contribution in [0.4, 0.5) is 23.2 Å². The van der Waals surface area contributed by atoms with E-state index in [1.165, 1.54) is 12.1 Å². The first-order valence-electron chi connectivity index (χ1n) is 10.6. The summed E-state index contributed by atoms with van der Waals surface area (Å²) in [5, 5.41) is 12.0. The lowest BCUT2D eigenvalue weighted by atomic mass is 9.76. The first kappa shape index (κ1) is 24.9. The van der Waals surface area contributed by atoms with Gasteiger partial charge in [0, 0.05) is 11.3 Å². The summed E-state index contributed by atoms with van der Waals surface area (Å²) in [6.45, 7) is 1.73. The zero-order valence-corrected chi connectivity index (χ0v) is 19.6. The molecule has 1 amide bonds. The molecule has 0 aliphatic heterocycles. The average molecular weight is 520 g/mol. The lowest BCUT2D eigenvalue weighted by Crippen LogP contribution is -2.45. The van der Waals surface area contributed by atoms with Gasteiger partial charge in [-0.1, -0.05) is 11.6 Å². The number of rotatable bonds is 4. The maximum atomic E-state index is 13.5. The van der Waals surface area contributed by atoms with Crippen molar-refractivity contribution in [2.24, 2.45) is 11.8 Å². The van der Waals surface area contributed by atoms with Crippen LogP contribution in [0.25, 0.3) is 0 Å². The van der Waals surface area contributed by atoms with E-state index in [1.54, 1.807) is 6.92 Å². The summed E-state index contributed by atoms with van der Waals surface area (Å²) in [4.78, 5) is 12.4. The van der Waals surface area contributed by atoms with E-state index in [2.05, 4.69) is 5.32 Å². The highest BCUT2D eigenvalue weighted by Crippen LogP contribution is 2.51. The number of fused-ring (bicyclic) bond motifs is 2. The zero-order chi connectivity index (χ0) is 25.1. The fraction of sp³-hybridized carbons (Fsp3) is 0.435. The van der Waals surface area contributed by atoms with Crippen LogP contribution < -0.4 is 5.32 Å². The van der Waals surface area contributed by atoms with E-state index in [9.17, 15) is 35.9 Å². The number of nitrogens with one attached hydrogen (secondary N) is 1. The SMILES string of the molecule is C[C@@]1(O)C2CC[C@@H]1C[C@@H](S(=O)(=O)c1cc(C(=O)Nc3ccc(F)c(C(F)(F)F)c3)ccc1Cl)C2. The van der Waals surface area contributed by atoms with E-state index in [0.717, 1.165) is 25.0 Å². The number of hydrogen-bond acceptors (Lipinski definition) is 4. The maximum absolute atomic E-state index is 13.5. The highest BCUT2D eigenvalue weighted by molar-refractivity contribution is 7.92. The van der Waals surface area contributed by atoms with Crippen LogP contribution in [0.5, 0.6) is 0 Å². The van der Waals surface area contributed by atoms with Gasteiger partial charge < -0.3 is 10.4 Å². The summed E-state index contributed by atoms with van der Waals surface area (Å²) in [7, 11) is -3.95. The predicted octanol–water partition coefficient (Wildman–Crippen LogP) is 5.46. The molecule has 0 radical (unpaired) electrons. The highest BCUT2D eigenvalue weighted by Gasteiger charge is 2.53. The Labute approximate surface area is 199 Å². The van der Waals surface area contributed by atoms with Crippen LogP contribution in [-0.4, -0.2) is 30.3 Å². The van der Waals surface area contributed by atoms with E-state index >= 15 is 0 Å². The van der Waals surface area contributed by atoms with Crippen LogP contribution in [0.15, 0.2) is 41.3 Å². The van der Waals surface area contributed by atoms with Crippen LogP contribution in [0.1, 0.15) is 48.5 Å². The van der Waals surface area contributed by atoms with Gasteiger partial charge in [0.2, 0.25) is 0 Å². The second kappa shape index (κ2) is 8.49. The Hall–Kier alpha value is -2.17. The molecule has 1 unspecified atom stereocenters. The van der Waals surface area contributed by atoms with Gasteiger partial charge >= 0.3 is 6.18 Å². The molecule has 0 aromatic heterocycles. The number of carbonyl (C=O) groups excluding carboxylic acids is 1. The topological polar surface area (TPSA) is 83.5 Å². The standard InChI is InChI=1S/C23H22ClF4NO4S/c1-22(31)13-3-4-14(22)10-16(9-13)34(32,33)20-8-12(2-6-18(20)24)21(30)29-15-5-7-19(25)17(11-15)23(26,27)28/h2,5-8,11,13-14,16,31H,3-4,9-10H2,1H3,(H,29,30)/t13-,14?,16-,22+/m1/s1. The highest BCUT2D eigenvalue weighted by atomic mass is 35.5. The Bertz CT molecular complexity index is 1230. The Morgan fingerprint density at radius 1 is 1.12 bits per heavy atom. The number of carbonyl (C=O) groups is 1. The minimum atomic E-state index is -4.95. The fourth-order valence-electron chi connectivity index (χ4n) is 5.08. The molecule has 5 nitrogen and oxygen atoms in total. The Kier molecular flexibility index (Phi) is 6.23. The number of halogens is 5. The quantitative estimate of drug-likeness (QED) is 0.525. The van der Waals surface area contributed by atoms with Crippen molar-refractivity contribution in [3.8, 4) is 0 Å². The summed E-state index contributed by atoms with van der Waals surface area (Å²) in [6, 6.07) is 5.60. The third-order valence-electron chi connectivity index (χ3n) is 7.08. The molecule has 184 valence electrons. The number of amides is 1. The molecule has 4 rings (SSSR count). The van der Waals surface area contributed by atoms with E-state index in [4.69, 9.17) is 11.6 Å². The molecule has 0 heterocycles. The molecule has 2 bridgehead atoms. The van der Waals surface area contributed by atoms with Crippen LogP contribution in [0, 0.1) is 17.7 Å². The summed E-state index contributed by atoms with van der Waals surface area (Å²) in [6.07, 6.45) is -2.94. The Morgan fingerprint density at radius 3 is 2.32 bits per heavy atom. The van der Waals surface area contributed by atoms with Gasteiger partial charge in [0.25, 0.3) is 5.91 Å². The minimum Gasteiger partial charge on any atom is -0.390 e. The molecule has 2 aliphatic carbocycles. The van der Waals surface area contributed by atoms with Crippen LogP contribution in [0.3, 0.4) is 0 Å². The number of anilines is 1. The average Bonchev–Trinajstić information content (AvgIpc) is 2.91. The van der Waals surface area contributed by atoms with Crippen molar-refractivity contribution in [1.29, 1.82) is 0 Å². The summed E-state index contributed by atoms with van der Waals surface area (Å²) in [5.41, 5.74) is -2.88. The van der Waals surface area contributed by atoms with E-state index in [1.807, 2.05) is 0 Å². The smallest absolute Gasteiger partial charge is 0.390 e. The summed E-state index contributed by atoms with van der Waals surface area (Å²) >= 11 is 6.17. The van der Waals surface area contributed by atoms with Crippen LogP contribution in [-0.2, 0) is 16.0 Å². The third kappa shape index (κ3) is 4.43. The number of sulfone groups is 1. The number of aliphatic hydroxyl groups is 1. The molecule has 34 heavy (non-hydrogen) atoms. The van der Waals surface area contributed by atoms with E-state index < -0.39 is 44.2 Å². The molecule has 11 heteroatoms. The number of hydrogen-bond donors (Lipinski definition) is 2. The molecule has 2 aromatic carbocycles. The van der Waals surface area contributed by atoms with Gasteiger partial charge in [-0.15, -0.1) is 0 Å². The lowest BCUT2D eigenvalue weighted by molar-refractivity contribution is -0.139. The van der Waals surface area contributed by atoms with Gasteiger partial charge in [-0.05, 0) is 80.8 Å². The third-order valence-corrected chi connectivity index (χ3v) is 9.73. The van der Waals surface area contributed by atoms with Crippen molar-refractivity contribution >= 4 is 33.0 Å². The zero-order valence-electron chi connectivity index (χ0n) is 18.0. The fourth-order valence-corrected chi connectivity index (χ4v) is 7.48. The second-order valence-corrected chi connectivity index (χ2v) is 11.7. The van der Waals surface area contributed by atoms with Gasteiger partial charge in [-0.2, -0.15) is 13.2 Å². The number of benzene rings is 2. The normalized spacial score (nSPS) is 27.0. The number of alkyl halides is 3. The Morgan fingerprint density at radius 2 is 1.74 bits per heavy atom. The molecule has 2 aliphatic rings. The van der Waals surface area contributed by atoms with Crippen molar-refractivity contribution < 1.29 is 35.9 Å². The largest absolute Gasteiger partial charge is 0.419 e. The van der Waals surface area contributed by atoms with Crippen molar-refractivity contribution in [3.05, 3.63) is 58.4 Å². The first-order chi connectivity index (χ1) is 15.7. The molecular weight excluding hydrogens is 498 g/mol. The molecule has 0 saturated heterocycles. The molecular formula is C23H22ClF4NO4S. The Balaban J connectivity index is 1.60. The van der Waals surface area contributed by atoms with Gasteiger partial charge in [-0.25, -0.2) is 12.8 Å². The van der Waals surface area contributed by atoms with Crippen molar-refractivity contribution in [2.45, 2.75) is 54.5 Å². The summed E-state index contributed by atoms with van der Waals surface area (Å²) < 4.78 is 79.2. The molecule has 2 saturated carbocycles. The first-order valence-corrected chi connectivity index (χ1v) is 12.6. The van der Waals surface area contributed by atoms with E-state index in [-0.39, 0.29) is 45.8 Å². The van der Waals surface area contributed by atoms with Gasteiger partial charge in [0.05, 0.1) is 26.3 Å². The van der Waals surface area contributed by atoms with Crippen molar-refractivity contribution in [1.82, 2.24) is 0 Å². The maximum Gasteiger partial charge on any atom is 0.419 e. The second-order valence-electron chi connectivity index (χ2n) is 9.13. The summed E-state index contributed by atoms with van der Waals surface area (Å²) in [5.74, 6) is -2.67. The van der Waals surface area contributed by atoms with E-state index in [0.29, 0.717) is 12.1 Å². The van der Waals surface area contributed by atoms with Crippen molar-refractivity contribution in [2.75, 3.05) is 5.32 Å². The van der Waals surface area contributed by atoms with Crippen LogP contribution >= 0.6 is 11.6 Å². The lowest BCUT2D eigenvalue weighted by Gasteiger charge is -2.40. The van der Waals surface area contributed by atoms with Crippen molar-refractivity contribution in [3.63, 3.8) is 0 Å². The minimum absolute atomic E-state index is 0.0811. The molecule has 4 atom stereocenters. The molecule has 0 spiro atoms. The predicted molar refractivity (Wildman–Crippen MR) is 118 cm³/mol.